The van der Waals surface area contributed by atoms with Crippen molar-refractivity contribution in [1.82, 2.24) is 0 Å². The van der Waals surface area contributed by atoms with Gasteiger partial charge < -0.3 is 19.6 Å². The van der Waals surface area contributed by atoms with E-state index in [1.54, 1.807) is 0 Å². The maximum Gasteiger partial charge on any atom is 0.473 e. The number of phosphoric acid groups is 1. The van der Waals surface area contributed by atoms with Gasteiger partial charge in [0.05, 0.1) is 34.4 Å². The van der Waals surface area contributed by atoms with E-state index in [1.807, 2.05) is 21.1 Å². The third-order valence-electron chi connectivity index (χ3n) is 4.31. The molecule has 0 aliphatic rings. The Labute approximate surface area is 181 Å². The molecule has 10 heteroatoms. The van der Waals surface area contributed by atoms with Gasteiger partial charge in [-0.25, -0.2) is 4.57 Å². The first kappa shape index (κ1) is 29.0. The largest absolute Gasteiger partial charge is 0.473 e. The van der Waals surface area contributed by atoms with Gasteiger partial charge >= 0.3 is 7.82 Å². The van der Waals surface area contributed by atoms with E-state index in [1.165, 1.54) is 19.3 Å². The molecule has 0 heterocycles. The summed E-state index contributed by atoms with van der Waals surface area (Å²) >= 11 is 4.20. The van der Waals surface area contributed by atoms with E-state index >= 15 is 0 Å². The molecule has 0 aliphatic carbocycles. The van der Waals surface area contributed by atoms with Crippen LogP contribution in [0.25, 0.3) is 0 Å². The Morgan fingerprint density at radius 1 is 1.03 bits per heavy atom. The number of carbonyl (C=O) groups excluding carboxylic acids is 1. The Balaban J connectivity index is 4.42. The van der Waals surface area contributed by atoms with Gasteiger partial charge in [-0.2, -0.15) is 12.6 Å². The normalized spacial score (nSPS) is 16.4. The van der Waals surface area contributed by atoms with Gasteiger partial charge in [0.2, 0.25) is 0 Å². The van der Waals surface area contributed by atoms with Gasteiger partial charge in [-0.15, -0.1) is 0 Å². The van der Waals surface area contributed by atoms with Crippen molar-refractivity contribution in [2.75, 3.05) is 46.7 Å². The predicted octanol–water partition coefficient (Wildman–Crippen LogP) is 2.56. The molecule has 0 rings (SSSR count). The van der Waals surface area contributed by atoms with Crippen molar-refractivity contribution in [2.45, 2.75) is 70.0 Å². The van der Waals surface area contributed by atoms with Crippen LogP contribution in [0, 0.1) is 0 Å². The molecule has 8 nitrogen and oxygen atoms in total. The predicted molar refractivity (Wildman–Crippen MR) is 117 cm³/mol. The minimum Gasteiger partial charge on any atom is -0.394 e. The number of ketones is 1. The van der Waals surface area contributed by atoms with Crippen molar-refractivity contribution in [2.24, 2.45) is 0 Å². The lowest BCUT2D eigenvalue weighted by Crippen LogP contribution is -2.45. The second kappa shape index (κ2) is 15.8. The summed E-state index contributed by atoms with van der Waals surface area (Å²) in [6.45, 7) is -0.930. The molecule has 0 aromatic heterocycles. The van der Waals surface area contributed by atoms with Crippen LogP contribution < -0.4 is 0 Å². The highest BCUT2D eigenvalue weighted by Crippen LogP contribution is 2.45. The number of likely N-dealkylation sites (N-methyl/N-ethyl adjacent to an activating group) is 1. The number of aliphatic hydroxyl groups is 2. The van der Waals surface area contributed by atoms with E-state index in [2.05, 4.69) is 12.6 Å². The lowest BCUT2D eigenvalue weighted by atomic mass is 10.0. The number of nitrogens with zero attached hydrogens (tertiary/aromatic N) is 1. The minimum atomic E-state index is -4.53. The number of hydrogen-bond donors (Lipinski definition) is 4. The van der Waals surface area contributed by atoms with E-state index in [-0.39, 0.29) is 18.7 Å². The maximum absolute atomic E-state index is 12.6. The second-order valence-electron chi connectivity index (χ2n) is 8.44. The van der Waals surface area contributed by atoms with Crippen LogP contribution in [0.2, 0.25) is 0 Å². The van der Waals surface area contributed by atoms with Crippen LogP contribution in [-0.4, -0.2) is 84.2 Å². The second-order valence-corrected chi connectivity index (χ2v) is 10.3. The van der Waals surface area contributed by atoms with Crippen LogP contribution in [0.15, 0.2) is 0 Å². The van der Waals surface area contributed by atoms with Gasteiger partial charge in [0.25, 0.3) is 0 Å². The molecule has 0 saturated carbocycles. The summed E-state index contributed by atoms with van der Waals surface area (Å²) in [5, 5.41) is 18.0. The molecule has 3 N–H and O–H groups in total. The van der Waals surface area contributed by atoms with Crippen molar-refractivity contribution < 1.29 is 38.0 Å². The third-order valence-corrected chi connectivity index (χ3v) is 5.62. The number of thiol groups is 1. The van der Waals surface area contributed by atoms with Crippen LogP contribution in [0.1, 0.15) is 57.8 Å². The van der Waals surface area contributed by atoms with Crippen molar-refractivity contribution in [3.05, 3.63) is 0 Å². The minimum absolute atomic E-state index is 0.223. The zero-order chi connectivity index (χ0) is 22.3. The molecule has 0 fully saturated rings. The molecule has 0 bridgehead atoms. The first-order chi connectivity index (χ1) is 13.5. The van der Waals surface area contributed by atoms with E-state index in [0.717, 1.165) is 31.4 Å². The van der Waals surface area contributed by atoms with Crippen LogP contribution in [0.3, 0.4) is 0 Å². The van der Waals surface area contributed by atoms with Crippen LogP contribution in [-0.2, 0) is 18.4 Å². The van der Waals surface area contributed by atoms with Crippen LogP contribution in [0.5, 0.6) is 0 Å². The number of aliphatic hydroxyl groups excluding tert-OH is 2. The summed E-state index contributed by atoms with van der Waals surface area (Å²) in [4.78, 5) is 22.4. The van der Waals surface area contributed by atoms with Gasteiger partial charge in [-0.1, -0.05) is 38.5 Å². The highest BCUT2D eigenvalue weighted by Gasteiger charge is 2.34. The lowest BCUT2D eigenvalue weighted by molar-refractivity contribution is -0.872. The number of hydrogen-bond acceptors (Lipinski definition) is 7. The highest BCUT2D eigenvalue weighted by atomic mass is 32.1. The molecular weight excluding hydrogens is 417 g/mol. The molecule has 0 amide bonds. The Hall–Kier alpha value is 0.01000. The first-order valence-corrected chi connectivity index (χ1v) is 12.5. The summed E-state index contributed by atoms with van der Waals surface area (Å²) < 4.78 is 22.3. The number of quaternary nitrogens is 1. The third kappa shape index (κ3) is 17.4. The fraction of sp³-hybridized carbons (Fsp3) is 0.947. The molecule has 0 aromatic rings. The van der Waals surface area contributed by atoms with Gasteiger partial charge in [-0.3, -0.25) is 13.8 Å². The van der Waals surface area contributed by atoms with Gasteiger partial charge in [-0.05, 0) is 18.6 Å². The molecule has 174 valence electrons. The molecule has 29 heavy (non-hydrogen) atoms. The van der Waals surface area contributed by atoms with Gasteiger partial charge in [0.1, 0.15) is 12.6 Å². The molecule has 0 radical (unpaired) electrons. The van der Waals surface area contributed by atoms with E-state index in [0.29, 0.717) is 10.9 Å². The Morgan fingerprint density at radius 3 is 2.03 bits per heavy atom. The summed E-state index contributed by atoms with van der Waals surface area (Å²) in [6, 6.07) is 0. The van der Waals surface area contributed by atoms with Crippen molar-refractivity contribution >= 4 is 26.2 Å². The molecular formula is C19H41NO7PS+. The van der Waals surface area contributed by atoms with E-state index in [9.17, 15) is 19.4 Å². The average molecular weight is 459 g/mol. The Morgan fingerprint density at radius 2 is 1.55 bits per heavy atom. The summed E-state index contributed by atoms with van der Waals surface area (Å²) in [7, 11) is 1.05. The number of rotatable bonds is 19. The van der Waals surface area contributed by atoms with Gasteiger partial charge in [0, 0.05) is 6.42 Å². The number of unbranched alkanes of at least 4 members (excludes halogenated alkanes) is 7. The van der Waals surface area contributed by atoms with Crippen molar-refractivity contribution in [3.63, 3.8) is 0 Å². The van der Waals surface area contributed by atoms with Crippen molar-refractivity contribution in [3.8, 4) is 0 Å². The average Bonchev–Trinajstić information content (AvgIpc) is 2.62. The van der Waals surface area contributed by atoms with Crippen LogP contribution in [0.4, 0.5) is 0 Å². The first-order valence-electron chi connectivity index (χ1n) is 10.4. The molecule has 0 saturated heterocycles. The highest BCUT2D eigenvalue weighted by molar-refractivity contribution is 7.80. The van der Waals surface area contributed by atoms with E-state index < -0.39 is 33.2 Å². The topological polar surface area (TPSA) is 113 Å². The zero-order valence-corrected chi connectivity index (χ0v) is 20.0. The van der Waals surface area contributed by atoms with Crippen LogP contribution >= 0.6 is 20.5 Å². The number of carbonyl (C=O) groups is 1. The quantitative estimate of drug-likeness (QED) is 0.102. The monoisotopic (exact) mass is 458 g/mol. The fourth-order valence-corrected chi connectivity index (χ4v) is 3.90. The fourth-order valence-electron chi connectivity index (χ4n) is 2.75. The molecule has 2 unspecified atom stereocenters. The Bertz CT molecular complexity index is 488. The molecule has 0 spiro atoms. The molecule has 0 aromatic carbocycles. The standard InChI is InChI=1S/C19H40NO7PS/c1-20(2,3)14-19(27-28(24,25)26-16-17(22)15-21)18(23)12-10-8-6-4-5-7-9-11-13-29/h17,19,21-22H,4-16H2,1-3H3,(H-,24,25,29)/p+1/t17-,19?/m1/s1. The molecule has 3 atom stereocenters. The smallest absolute Gasteiger partial charge is 0.394 e. The Kier molecular flexibility index (Phi) is 15.8. The summed E-state index contributed by atoms with van der Waals surface area (Å²) in [6.07, 6.45) is 6.56. The SMILES string of the molecule is C[N+](C)(C)CC(OP(=O)(O)OC[C@H](O)CO)C(=O)CCCCCCCCCCS. The maximum atomic E-state index is 12.6. The molecule has 0 aliphatic heterocycles. The number of phosphoric ester groups is 1. The van der Waals surface area contributed by atoms with E-state index in [4.69, 9.17) is 14.2 Å². The lowest BCUT2D eigenvalue weighted by Gasteiger charge is -2.29. The zero-order valence-electron chi connectivity index (χ0n) is 18.2. The van der Waals surface area contributed by atoms with Gasteiger partial charge in [0.15, 0.2) is 11.9 Å². The number of Topliss-reactive ketones (excluding diaryl/α,β-unsaturated/α-hetero) is 1. The summed E-state index contributed by atoms with van der Waals surface area (Å²) in [5.41, 5.74) is 0. The summed E-state index contributed by atoms with van der Waals surface area (Å²) in [5.74, 6) is 0.708. The van der Waals surface area contributed by atoms with Crippen molar-refractivity contribution in [1.29, 1.82) is 0 Å².